The summed E-state index contributed by atoms with van der Waals surface area (Å²) in [6, 6.07) is 9.52. The molecule has 2 atom stereocenters. The zero-order chi connectivity index (χ0) is 11.4. The highest BCUT2D eigenvalue weighted by molar-refractivity contribution is 5.21. The fourth-order valence-corrected chi connectivity index (χ4v) is 2.54. The molecule has 1 aromatic rings. The Morgan fingerprint density at radius 2 is 2.12 bits per heavy atom. The van der Waals surface area contributed by atoms with Crippen LogP contribution in [0.5, 0.6) is 0 Å². The van der Waals surface area contributed by atoms with Crippen molar-refractivity contribution in [2.75, 3.05) is 13.1 Å². The van der Waals surface area contributed by atoms with Crippen LogP contribution in [0.1, 0.15) is 31.7 Å². The van der Waals surface area contributed by atoms with E-state index in [-0.39, 0.29) is 0 Å². The van der Waals surface area contributed by atoms with Gasteiger partial charge in [0.25, 0.3) is 0 Å². The van der Waals surface area contributed by atoms with Crippen molar-refractivity contribution >= 4 is 0 Å². The molecule has 1 aliphatic heterocycles. The summed E-state index contributed by atoms with van der Waals surface area (Å²) >= 11 is 0. The van der Waals surface area contributed by atoms with Gasteiger partial charge in [0.2, 0.25) is 0 Å². The Labute approximate surface area is 97.1 Å². The zero-order valence-corrected chi connectivity index (χ0v) is 9.88. The van der Waals surface area contributed by atoms with Crippen molar-refractivity contribution in [1.29, 1.82) is 0 Å². The van der Waals surface area contributed by atoms with Gasteiger partial charge in [-0.15, -0.1) is 0 Å². The minimum Gasteiger partial charge on any atom is -0.316 e. The molecule has 2 heteroatoms. The Bertz CT molecular complexity index is 315. The molecule has 16 heavy (non-hydrogen) atoms. The second kappa shape index (κ2) is 4.96. The molecule has 2 unspecified atom stereocenters. The molecule has 0 bridgehead atoms. The van der Waals surface area contributed by atoms with E-state index in [1.54, 1.807) is 6.92 Å². The molecule has 0 spiro atoms. The first kappa shape index (κ1) is 11.6. The van der Waals surface area contributed by atoms with Crippen LogP contribution < -0.4 is 5.32 Å². The SMILES string of the molecule is CC(F)(CC1CCCNC1)c1ccccc1. The van der Waals surface area contributed by atoms with E-state index in [0.29, 0.717) is 12.3 Å². The molecule has 2 rings (SSSR count). The second-order valence-corrected chi connectivity index (χ2v) is 4.98. The van der Waals surface area contributed by atoms with Crippen LogP contribution in [0.4, 0.5) is 4.39 Å². The number of rotatable bonds is 3. The van der Waals surface area contributed by atoms with Gasteiger partial charge in [-0.05, 0) is 50.8 Å². The molecule has 1 N–H and O–H groups in total. The van der Waals surface area contributed by atoms with E-state index in [1.807, 2.05) is 30.3 Å². The smallest absolute Gasteiger partial charge is 0.133 e. The van der Waals surface area contributed by atoms with Crippen LogP contribution in [-0.4, -0.2) is 13.1 Å². The standard InChI is InChI=1S/C14H20FN/c1-14(15,13-7-3-2-4-8-13)10-12-6-5-9-16-11-12/h2-4,7-8,12,16H,5-6,9-11H2,1H3. The van der Waals surface area contributed by atoms with Crippen molar-refractivity contribution in [2.24, 2.45) is 5.92 Å². The molecule has 88 valence electrons. The highest BCUT2D eigenvalue weighted by Gasteiger charge is 2.30. The van der Waals surface area contributed by atoms with E-state index in [0.717, 1.165) is 25.1 Å². The molecule has 1 aromatic carbocycles. The predicted octanol–water partition coefficient (Wildman–Crippen LogP) is 3.26. The molecule has 0 aliphatic carbocycles. The van der Waals surface area contributed by atoms with Gasteiger partial charge < -0.3 is 5.32 Å². The van der Waals surface area contributed by atoms with Crippen LogP contribution in [0, 0.1) is 5.92 Å². The van der Waals surface area contributed by atoms with Crippen molar-refractivity contribution in [3.63, 3.8) is 0 Å². The predicted molar refractivity (Wildman–Crippen MR) is 65.1 cm³/mol. The molecule has 0 aromatic heterocycles. The van der Waals surface area contributed by atoms with E-state index in [9.17, 15) is 4.39 Å². The van der Waals surface area contributed by atoms with E-state index in [4.69, 9.17) is 0 Å². The molecule has 1 aliphatic rings. The van der Waals surface area contributed by atoms with E-state index in [1.165, 1.54) is 6.42 Å². The molecule has 1 nitrogen and oxygen atoms in total. The van der Waals surface area contributed by atoms with Crippen molar-refractivity contribution in [3.05, 3.63) is 35.9 Å². The van der Waals surface area contributed by atoms with Crippen molar-refractivity contribution in [2.45, 2.75) is 31.9 Å². The summed E-state index contributed by atoms with van der Waals surface area (Å²) in [7, 11) is 0. The van der Waals surface area contributed by atoms with Crippen molar-refractivity contribution in [1.82, 2.24) is 5.32 Å². The fraction of sp³-hybridized carbons (Fsp3) is 0.571. The van der Waals surface area contributed by atoms with Gasteiger partial charge in [-0.1, -0.05) is 30.3 Å². The third-order valence-corrected chi connectivity index (χ3v) is 3.45. The topological polar surface area (TPSA) is 12.0 Å². The molecule has 1 fully saturated rings. The van der Waals surface area contributed by atoms with Crippen LogP contribution in [-0.2, 0) is 5.67 Å². The molecule has 1 saturated heterocycles. The van der Waals surface area contributed by atoms with Gasteiger partial charge in [-0.2, -0.15) is 0 Å². The van der Waals surface area contributed by atoms with Crippen LogP contribution >= 0.6 is 0 Å². The van der Waals surface area contributed by atoms with Crippen LogP contribution in [0.3, 0.4) is 0 Å². The number of alkyl halides is 1. The Morgan fingerprint density at radius 1 is 1.38 bits per heavy atom. The maximum atomic E-state index is 14.6. The lowest BCUT2D eigenvalue weighted by Crippen LogP contribution is -2.33. The molecule has 0 saturated carbocycles. The number of hydrogen-bond donors (Lipinski definition) is 1. The average molecular weight is 221 g/mol. The summed E-state index contributed by atoms with van der Waals surface area (Å²) in [4.78, 5) is 0. The van der Waals surface area contributed by atoms with Gasteiger partial charge in [-0.25, -0.2) is 4.39 Å². The highest BCUT2D eigenvalue weighted by Crippen LogP contribution is 2.34. The molecule has 0 radical (unpaired) electrons. The van der Waals surface area contributed by atoms with Crippen molar-refractivity contribution in [3.8, 4) is 0 Å². The first-order chi connectivity index (χ1) is 7.68. The molecule has 0 amide bonds. The largest absolute Gasteiger partial charge is 0.316 e. The lowest BCUT2D eigenvalue weighted by atomic mass is 9.84. The third kappa shape index (κ3) is 2.82. The second-order valence-electron chi connectivity index (χ2n) is 4.98. The van der Waals surface area contributed by atoms with Gasteiger partial charge >= 0.3 is 0 Å². The maximum absolute atomic E-state index is 14.6. The third-order valence-electron chi connectivity index (χ3n) is 3.45. The quantitative estimate of drug-likeness (QED) is 0.826. The lowest BCUT2D eigenvalue weighted by Gasteiger charge is -2.29. The van der Waals surface area contributed by atoms with Gasteiger partial charge in [0, 0.05) is 0 Å². The average Bonchev–Trinajstić information content (AvgIpc) is 2.31. The first-order valence-electron chi connectivity index (χ1n) is 6.14. The van der Waals surface area contributed by atoms with Crippen LogP contribution in [0.25, 0.3) is 0 Å². The number of nitrogens with one attached hydrogen (secondary N) is 1. The Balaban J connectivity index is 2.01. The summed E-state index contributed by atoms with van der Waals surface area (Å²) < 4.78 is 14.6. The van der Waals surface area contributed by atoms with Gasteiger partial charge in [-0.3, -0.25) is 0 Å². The van der Waals surface area contributed by atoms with Gasteiger partial charge in [0.15, 0.2) is 0 Å². The molecule has 1 heterocycles. The first-order valence-corrected chi connectivity index (χ1v) is 6.14. The van der Waals surface area contributed by atoms with E-state index in [2.05, 4.69) is 5.32 Å². The number of benzene rings is 1. The van der Waals surface area contributed by atoms with Crippen molar-refractivity contribution < 1.29 is 4.39 Å². The Kier molecular flexibility index (Phi) is 3.59. The number of piperidine rings is 1. The maximum Gasteiger partial charge on any atom is 0.133 e. The molecular weight excluding hydrogens is 201 g/mol. The minimum atomic E-state index is -1.19. The van der Waals surface area contributed by atoms with Gasteiger partial charge in [0.05, 0.1) is 0 Å². The van der Waals surface area contributed by atoms with E-state index < -0.39 is 5.67 Å². The summed E-state index contributed by atoms with van der Waals surface area (Å²) in [5.41, 5.74) is -0.383. The summed E-state index contributed by atoms with van der Waals surface area (Å²) in [6.07, 6.45) is 2.96. The zero-order valence-electron chi connectivity index (χ0n) is 9.88. The number of hydrogen-bond acceptors (Lipinski definition) is 1. The normalized spacial score (nSPS) is 25.0. The lowest BCUT2D eigenvalue weighted by molar-refractivity contribution is 0.134. The number of halogens is 1. The summed E-state index contributed by atoms with van der Waals surface area (Å²) in [5.74, 6) is 0.476. The van der Waals surface area contributed by atoms with E-state index >= 15 is 0 Å². The van der Waals surface area contributed by atoms with Crippen LogP contribution in [0.15, 0.2) is 30.3 Å². The highest BCUT2D eigenvalue weighted by atomic mass is 19.1. The minimum absolute atomic E-state index is 0.476. The van der Waals surface area contributed by atoms with Gasteiger partial charge in [0.1, 0.15) is 5.67 Å². The summed E-state index contributed by atoms with van der Waals surface area (Å²) in [5, 5.41) is 3.34. The monoisotopic (exact) mass is 221 g/mol. The summed E-state index contributed by atoms with van der Waals surface area (Å²) in [6.45, 7) is 3.76. The van der Waals surface area contributed by atoms with Crippen LogP contribution in [0.2, 0.25) is 0 Å². The Hall–Kier alpha value is -0.890. The Morgan fingerprint density at radius 3 is 2.75 bits per heavy atom. The fourth-order valence-electron chi connectivity index (χ4n) is 2.54. The molecular formula is C14H20FN.